The van der Waals surface area contributed by atoms with Gasteiger partial charge in [0.05, 0.1) is 42.7 Å². The van der Waals surface area contributed by atoms with Gasteiger partial charge in [-0.2, -0.15) is 0 Å². The van der Waals surface area contributed by atoms with Crippen LogP contribution in [0.25, 0.3) is 6.08 Å². The number of carbonyl (C=O) groups excluding carboxylic acids is 1. The lowest BCUT2D eigenvalue weighted by atomic mass is 9.95. The molecule has 10 heteroatoms. The van der Waals surface area contributed by atoms with Crippen molar-refractivity contribution in [3.05, 3.63) is 119 Å². The van der Waals surface area contributed by atoms with Crippen molar-refractivity contribution in [2.24, 2.45) is 4.99 Å². The molecule has 2 heterocycles. The molecule has 1 aliphatic heterocycles. The molecule has 0 bridgehead atoms. The first kappa shape index (κ1) is 29.2. The second kappa shape index (κ2) is 12.7. The summed E-state index contributed by atoms with van der Waals surface area (Å²) in [7, 11) is 3.08. The Kier molecular flexibility index (Phi) is 8.80. The first-order chi connectivity index (χ1) is 20.3. The number of ether oxygens (including phenoxy) is 4. The molecule has 0 unspecified atom stereocenters. The molecule has 1 aliphatic rings. The highest BCUT2D eigenvalue weighted by Gasteiger charge is 2.34. The molecule has 8 nitrogen and oxygen atoms in total. The normalized spacial score (nSPS) is 14.7. The number of methoxy groups -OCH3 is 2. The molecule has 0 N–H and O–H groups in total. The third-order valence-electron chi connectivity index (χ3n) is 6.75. The Morgan fingerprint density at radius 2 is 1.76 bits per heavy atom. The molecule has 1 atom stereocenters. The van der Waals surface area contributed by atoms with Gasteiger partial charge in [0.2, 0.25) is 0 Å². The minimum Gasteiger partial charge on any atom is -0.493 e. The highest BCUT2D eigenvalue weighted by molar-refractivity contribution is 7.07. The number of thiazole rings is 1. The van der Waals surface area contributed by atoms with Crippen LogP contribution >= 0.6 is 22.9 Å². The van der Waals surface area contributed by atoms with E-state index in [-0.39, 0.29) is 17.7 Å². The Morgan fingerprint density at radius 1 is 1.02 bits per heavy atom. The first-order valence-corrected chi connectivity index (χ1v) is 14.4. The molecule has 4 aromatic rings. The molecular formula is C32H29ClN2O6S. The van der Waals surface area contributed by atoms with E-state index in [0.29, 0.717) is 49.5 Å². The summed E-state index contributed by atoms with van der Waals surface area (Å²) in [6, 6.07) is 19.5. The highest BCUT2D eigenvalue weighted by Crippen LogP contribution is 2.36. The van der Waals surface area contributed by atoms with Crippen molar-refractivity contribution in [3.8, 4) is 17.2 Å². The number of rotatable bonds is 9. The maximum Gasteiger partial charge on any atom is 0.338 e. The minimum absolute atomic E-state index is 0.186. The molecule has 5 rings (SSSR count). The van der Waals surface area contributed by atoms with Crippen LogP contribution in [0.2, 0.25) is 5.02 Å². The average molecular weight is 605 g/mol. The van der Waals surface area contributed by atoms with Gasteiger partial charge in [-0.25, -0.2) is 9.79 Å². The first-order valence-electron chi connectivity index (χ1n) is 13.2. The molecule has 3 aromatic carbocycles. The maximum absolute atomic E-state index is 14.0. The van der Waals surface area contributed by atoms with E-state index in [0.717, 1.165) is 11.1 Å². The summed E-state index contributed by atoms with van der Waals surface area (Å²) in [5.41, 5.74) is 2.83. The lowest BCUT2D eigenvalue weighted by molar-refractivity contribution is -0.139. The zero-order valence-corrected chi connectivity index (χ0v) is 25.1. The van der Waals surface area contributed by atoms with Crippen LogP contribution in [0.3, 0.4) is 0 Å². The molecule has 0 spiro atoms. The van der Waals surface area contributed by atoms with Crippen molar-refractivity contribution >= 4 is 35.0 Å². The van der Waals surface area contributed by atoms with E-state index >= 15 is 0 Å². The van der Waals surface area contributed by atoms with Crippen LogP contribution in [-0.4, -0.2) is 31.4 Å². The summed E-state index contributed by atoms with van der Waals surface area (Å²) >= 11 is 7.25. The summed E-state index contributed by atoms with van der Waals surface area (Å²) in [5.74, 6) is 1.09. The molecule has 0 amide bonds. The summed E-state index contributed by atoms with van der Waals surface area (Å²) in [6.07, 6.45) is 1.79. The van der Waals surface area contributed by atoms with Crippen LogP contribution in [0.4, 0.5) is 0 Å². The van der Waals surface area contributed by atoms with E-state index in [1.165, 1.54) is 23.0 Å². The van der Waals surface area contributed by atoms with Gasteiger partial charge >= 0.3 is 5.97 Å². The number of hydrogen-bond acceptors (Lipinski definition) is 8. The Bertz CT molecular complexity index is 1840. The summed E-state index contributed by atoms with van der Waals surface area (Å²) in [4.78, 5) is 32.4. The number of carbonyl (C=O) groups is 1. The van der Waals surface area contributed by atoms with Gasteiger partial charge in [0.25, 0.3) is 5.56 Å². The number of nitrogens with zero attached hydrogens (tertiary/aromatic N) is 2. The topological polar surface area (TPSA) is 88.4 Å². The maximum atomic E-state index is 14.0. The summed E-state index contributed by atoms with van der Waals surface area (Å²) in [5, 5.41) is 0.655. The van der Waals surface area contributed by atoms with Crippen molar-refractivity contribution in [1.29, 1.82) is 0 Å². The molecule has 0 saturated heterocycles. The van der Waals surface area contributed by atoms with E-state index in [4.69, 9.17) is 30.5 Å². The lowest BCUT2D eigenvalue weighted by Crippen LogP contribution is -2.40. The molecule has 0 fully saturated rings. The standard InChI is InChI=1S/C32H29ClN2O6S/c1-5-40-31(37)28-19(2)34-32-35(29(28)22-12-15-25(38-3)26(16-22)39-4)30(36)27(42-32)17-21-8-6-7-9-24(21)41-18-20-10-13-23(33)14-11-20/h6-17,29H,5,18H2,1-4H3/b27-17-/t29-/m0/s1. The third-order valence-corrected chi connectivity index (χ3v) is 7.99. The molecule has 216 valence electrons. The van der Waals surface area contributed by atoms with E-state index < -0.39 is 12.0 Å². The SMILES string of the molecule is CCOC(=O)C1=C(C)N=c2s/c(=C\c3ccccc3OCc3ccc(Cl)cc3)c(=O)n2[C@H]1c1ccc(OC)c(OC)c1. The Balaban J connectivity index is 1.61. The van der Waals surface area contributed by atoms with Gasteiger partial charge in [-0.3, -0.25) is 9.36 Å². The van der Waals surface area contributed by atoms with Gasteiger partial charge in [-0.05, 0) is 61.4 Å². The monoisotopic (exact) mass is 604 g/mol. The Morgan fingerprint density at radius 3 is 2.48 bits per heavy atom. The summed E-state index contributed by atoms with van der Waals surface area (Å²) in [6.45, 7) is 4.01. The quantitative estimate of drug-likeness (QED) is 0.249. The van der Waals surface area contributed by atoms with Gasteiger partial charge in [-0.15, -0.1) is 0 Å². The van der Waals surface area contributed by atoms with Crippen LogP contribution in [-0.2, 0) is 16.1 Å². The number of aromatic nitrogens is 1. The fraction of sp³-hybridized carbons (Fsp3) is 0.219. The summed E-state index contributed by atoms with van der Waals surface area (Å²) < 4.78 is 24.4. The second-order valence-corrected chi connectivity index (χ2v) is 10.8. The number of esters is 1. The molecule has 42 heavy (non-hydrogen) atoms. The number of para-hydroxylation sites is 1. The van der Waals surface area contributed by atoms with E-state index in [2.05, 4.69) is 4.99 Å². The number of halogens is 1. The smallest absolute Gasteiger partial charge is 0.338 e. The van der Waals surface area contributed by atoms with E-state index in [9.17, 15) is 9.59 Å². The van der Waals surface area contributed by atoms with Crippen LogP contribution in [0, 0.1) is 0 Å². The molecule has 1 aromatic heterocycles. The van der Waals surface area contributed by atoms with Gasteiger partial charge in [0, 0.05) is 10.6 Å². The number of fused-ring (bicyclic) bond motifs is 1. The minimum atomic E-state index is -0.779. The van der Waals surface area contributed by atoms with Gasteiger partial charge in [0.15, 0.2) is 16.3 Å². The van der Waals surface area contributed by atoms with Crippen LogP contribution in [0.5, 0.6) is 17.2 Å². The van der Waals surface area contributed by atoms with Crippen molar-refractivity contribution in [1.82, 2.24) is 4.57 Å². The number of hydrogen-bond donors (Lipinski definition) is 0. The fourth-order valence-corrected chi connectivity index (χ4v) is 5.91. The average Bonchev–Trinajstić information content (AvgIpc) is 3.30. The van der Waals surface area contributed by atoms with Crippen molar-refractivity contribution in [2.45, 2.75) is 26.5 Å². The van der Waals surface area contributed by atoms with Crippen molar-refractivity contribution in [2.75, 3.05) is 20.8 Å². The second-order valence-electron chi connectivity index (χ2n) is 9.37. The predicted molar refractivity (Wildman–Crippen MR) is 162 cm³/mol. The Hall–Kier alpha value is -4.34. The zero-order chi connectivity index (χ0) is 29.8. The van der Waals surface area contributed by atoms with E-state index in [1.54, 1.807) is 45.2 Å². The van der Waals surface area contributed by atoms with Gasteiger partial charge in [-0.1, -0.05) is 59.3 Å². The molecule has 0 radical (unpaired) electrons. The zero-order valence-electron chi connectivity index (χ0n) is 23.5. The predicted octanol–water partition coefficient (Wildman–Crippen LogP) is 5.05. The third kappa shape index (κ3) is 5.84. The number of allylic oxidation sites excluding steroid dienone is 1. The highest BCUT2D eigenvalue weighted by atomic mass is 35.5. The molecular weight excluding hydrogens is 576 g/mol. The lowest BCUT2D eigenvalue weighted by Gasteiger charge is -2.25. The fourth-order valence-electron chi connectivity index (χ4n) is 4.74. The van der Waals surface area contributed by atoms with Gasteiger partial charge in [0.1, 0.15) is 12.4 Å². The van der Waals surface area contributed by atoms with Crippen LogP contribution in [0.15, 0.2) is 87.8 Å². The van der Waals surface area contributed by atoms with Crippen LogP contribution < -0.4 is 29.1 Å². The van der Waals surface area contributed by atoms with Gasteiger partial charge < -0.3 is 18.9 Å². The largest absolute Gasteiger partial charge is 0.493 e. The van der Waals surface area contributed by atoms with Crippen LogP contribution in [0.1, 0.15) is 36.6 Å². The van der Waals surface area contributed by atoms with Crippen molar-refractivity contribution in [3.63, 3.8) is 0 Å². The number of benzene rings is 3. The molecule has 0 saturated carbocycles. The molecule has 0 aliphatic carbocycles. The van der Waals surface area contributed by atoms with E-state index in [1.807, 2.05) is 48.5 Å². The van der Waals surface area contributed by atoms with Crippen molar-refractivity contribution < 1.29 is 23.7 Å². The Labute approximate surface area is 251 Å².